The average molecular weight is 402 g/mol. The molecule has 1 aliphatic heterocycles. The Bertz CT molecular complexity index is 706. The van der Waals surface area contributed by atoms with Gasteiger partial charge in [-0.05, 0) is 31.9 Å². The first-order valence-corrected chi connectivity index (χ1v) is 8.93. The lowest BCUT2D eigenvalue weighted by atomic mass is 10.1. The monoisotopic (exact) mass is 402 g/mol. The molecule has 1 aromatic carbocycles. The third-order valence-corrected chi connectivity index (χ3v) is 3.57. The van der Waals surface area contributed by atoms with Gasteiger partial charge in [-0.2, -0.15) is 0 Å². The summed E-state index contributed by atoms with van der Waals surface area (Å²) in [5, 5.41) is 17.3. The normalized spacial score (nSPS) is 13.2. The van der Waals surface area contributed by atoms with Gasteiger partial charge < -0.3 is 19.7 Å². The molecule has 0 unspecified atom stereocenters. The lowest BCUT2D eigenvalue weighted by molar-refractivity contribution is -0.295. The first-order chi connectivity index (χ1) is 13.2. The number of hydrogen-bond acceptors (Lipinski definition) is 6. The molecule has 2 N–H and O–H groups in total. The predicted octanol–water partition coefficient (Wildman–Crippen LogP) is 3.60. The lowest BCUT2D eigenvalue weighted by Gasteiger charge is -2.14. The second kappa shape index (κ2) is 11.3. The molecule has 2 aromatic rings. The van der Waals surface area contributed by atoms with Crippen molar-refractivity contribution in [3.63, 3.8) is 0 Å². The Morgan fingerprint density at radius 2 is 1.71 bits per heavy atom. The molecule has 1 aliphatic rings. The Balaban J connectivity index is 0.000000490. The summed E-state index contributed by atoms with van der Waals surface area (Å²) in [6.45, 7) is 7.90. The van der Waals surface area contributed by atoms with E-state index in [0.29, 0.717) is 5.89 Å². The van der Waals surface area contributed by atoms with Crippen molar-refractivity contribution in [2.24, 2.45) is 0 Å². The summed E-state index contributed by atoms with van der Waals surface area (Å²) in [6.07, 6.45) is -2.83. The van der Waals surface area contributed by atoms with E-state index in [9.17, 15) is 18.0 Å². The number of hydrogen-bond donors (Lipinski definition) is 2. The SMILES string of the molecule is CC.Cc1ccc(-c2nnc(NCC(=O)N3CCCC3)o2)cc1.OC(F)(F)F. The number of carbonyl (C=O) groups is 1. The molecule has 1 amide bonds. The number of aliphatic hydroxyl groups is 1. The molecule has 156 valence electrons. The van der Waals surface area contributed by atoms with Gasteiger partial charge in [-0.25, -0.2) is 0 Å². The summed E-state index contributed by atoms with van der Waals surface area (Å²) in [4.78, 5) is 13.8. The zero-order valence-corrected chi connectivity index (χ0v) is 16.1. The van der Waals surface area contributed by atoms with Gasteiger partial charge in [0.05, 0.1) is 6.54 Å². The van der Waals surface area contributed by atoms with E-state index in [0.717, 1.165) is 31.5 Å². The van der Waals surface area contributed by atoms with Gasteiger partial charge in [-0.1, -0.05) is 36.6 Å². The molecule has 10 heteroatoms. The van der Waals surface area contributed by atoms with Crippen LogP contribution >= 0.6 is 0 Å². The van der Waals surface area contributed by atoms with Crippen molar-refractivity contribution in [2.45, 2.75) is 40.0 Å². The molecule has 0 bridgehead atoms. The van der Waals surface area contributed by atoms with Crippen LogP contribution in [0.4, 0.5) is 19.2 Å². The standard InChI is InChI=1S/C15H18N4O2.C2H6.CHF3O/c1-11-4-6-12(7-5-11)14-17-18-15(21-14)16-10-13(20)19-8-2-3-9-19;1-2;2-1(3,4)5/h4-7H,2-3,8-10H2,1H3,(H,16,18);1-2H3;5H. The Morgan fingerprint density at radius 3 is 2.25 bits per heavy atom. The number of rotatable bonds is 4. The van der Waals surface area contributed by atoms with Gasteiger partial charge in [0.25, 0.3) is 0 Å². The molecular formula is C18H25F3N4O3. The van der Waals surface area contributed by atoms with Crippen LogP contribution in [0, 0.1) is 6.92 Å². The van der Waals surface area contributed by atoms with E-state index in [1.807, 2.05) is 49.9 Å². The van der Waals surface area contributed by atoms with E-state index in [2.05, 4.69) is 15.5 Å². The van der Waals surface area contributed by atoms with Gasteiger partial charge in [0, 0.05) is 18.7 Å². The molecule has 2 heterocycles. The number of anilines is 1. The zero-order chi connectivity index (χ0) is 21.2. The van der Waals surface area contributed by atoms with Crippen LogP contribution in [0.15, 0.2) is 28.7 Å². The van der Waals surface area contributed by atoms with Crippen LogP contribution in [0.3, 0.4) is 0 Å². The van der Waals surface area contributed by atoms with E-state index in [1.54, 1.807) is 0 Å². The van der Waals surface area contributed by atoms with Crippen LogP contribution in [-0.4, -0.2) is 52.1 Å². The van der Waals surface area contributed by atoms with Crippen molar-refractivity contribution < 1.29 is 27.5 Å². The Morgan fingerprint density at radius 1 is 1.18 bits per heavy atom. The number of carbonyl (C=O) groups excluding carboxylic acids is 1. The topological polar surface area (TPSA) is 91.5 Å². The second-order valence-corrected chi connectivity index (χ2v) is 5.69. The van der Waals surface area contributed by atoms with Gasteiger partial charge in [-0.3, -0.25) is 4.79 Å². The molecule has 0 radical (unpaired) electrons. The Kier molecular flexibility index (Phi) is 9.43. The molecular weight excluding hydrogens is 377 g/mol. The van der Waals surface area contributed by atoms with Gasteiger partial charge in [0.1, 0.15) is 0 Å². The van der Waals surface area contributed by atoms with E-state index in [-0.39, 0.29) is 18.5 Å². The molecule has 1 saturated heterocycles. The number of nitrogens with zero attached hydrogens (tertiary/aromatic N) is 3. The van der Waals surface area contributed by atoms with Gasteiger partial charge in [0.15, 0.2) is 0 Å². The van der Waals surface area contributed by atoms with Crippen molar-refractivity contribution in [1.29, 1.82) is 0 Å². The van der Waals surface area contributed by atoms with E-state index in [1.165, 1.54) is 5.56 Å². The fourth-order valence-electron chi connectivity index (χ4n) is 2.34. The van der Waals surface area contributed by atoms with Crippen molar-refractivity contribution in [2.75, 3.05) is 25.0 Å². The molecule has 0 saturated carbocycles. The highest BCUT2D eigenvalue weighted by Gasteiger charge is 2.20. The highest BCUT2D eigenvalue weighted by atomic mass is 19.4. The van der Waals surface area contributed by atoms with Crippen LogP contribution in [0.25, 0.3) is 11.5 Å². The summed E-state index contributed by atoms with van der Waals surface area (Å²) in [5.74, 6) is 0.522. The minimum Gasteiger partial charge on any atom is -0.403 e. The van der Waals surface area contributed by atoms with Crippen LogP contribution in [-0.2, 0) is 4.79 Å². The van der Waals surface area contributed by atoms with Gasteiger partial charge in [0.2, 0.25) is 11.8 Å². The average Bonchev–Trinajstić information content (AvgIpc) is 3.33. The summed E-state index contributed by atoms with van der Waals surface area (Å²) in [6, 6.07) is 8.12. The smallest absolute Gasteiger partial charge is 0.403 e. The van der Waals surface area contributed by atoms with Crippen LogP contribution in [0.1, 0.15) is 32.3 Å². The van der Waals surface area contributed by atoms with Crippen molar-refractivity contribution in [3.8, 4) is 11.5 Å². The summed E-state index contributed by atoms with van der Waals surface area (Å²) in [7, 11) is 0. The first kappa shape index (κ1) is 23.4. The molecule has 1 fully saturated rings. The van der Waals surface area contributed by atoms with Crippen LogP contribution in [0.5, 0.6) is 0 Å². The van der Waals surface area contributed by atoms with Gasteiger partial charge in [-0.15, -0.1) is 18.3 Å². The Labute approximate surface area is 161 Å². The van der Waals surface area contributed by atoms with E-state index in [4.69, 9.17) is 9.52 Å². The molecule has 0 aliphatic carbocycles. The summed E-state index contributed by atoms with van der Waals surface area (Å²) < 4.78 is 35.2. The fraction of sp³-hybridized carbons (Fsp3) is 0.500. The first-order valence-electron chi connectivity index (χ1n) is 8.93. The number of aryl methyl sites for hydroxylation is 1. The number of likely N-dealkylation sites (tertiary alicyclic amines) is 1. The minimum atomic E-state index is -5.00. The summed E-state index contributed by atoms with van der Waals surface area (Å²) >= 11 is 0. The third-order valence-electron chi connectivity index (χ3n) is 3.57. The number of aromatic nitrogens is 2. The highest BCUT2D eigenvalue weighted by Crippen LogP contribution is 2.20. The summed E-state index contributed by atoms with van der Waals surface area (Å²) in [5.41, 5.74) is 2.04. The van der Waals surface area contributed by atoms with Crippen LogP contribution in [0.2, 0.25) is 0 Å². The van der Waals surface area contributed by atoms with Crippen LogP contribution < -0.4 is 5.32 Å². The van der Waals surface area contributed by atoms with Crippen molar-refractivity contribution in [3.05, 3.63) is 29.8 Å². The molecule has 0 spiro atoms. The highest BCUT2D eigenvalue weighted by molar-refractivity contribution is 5.80. The lowest BCUT2D eigenvalue weighted by Crippen LogP contribution is -2.33. The number of alkyl halides is 3. The number of benzene rings is 1. The molecule has 1 aromatic heterocycles. The molecule has 7 nitrogen and oxygen atoms in total. The molecule has 0 atom stereocenters. The maximum Gasteiger partial charge on any atom is 0.519 e. The quantitative estimate of drug-likeness (QED) is 0.812. The number of amides is 1. The van der Waals surface area contributed by atoms with Crippen molar-refractivity contribution in [1.82, 2.24) is 15.1 Å². The van der Waals surface area contributed by atoms with E-state index < -0.39 is 6.36 Å². The predicted molar refractivity (Wildman–Crippen MR) is 98.4 cm³/mol. The van der Waals surface area contributed by atoms with E-state index >= 15 is 0 Å². The second-order valence-electron chi connectivity index (χ2n) is 5.69. The number of halogens is 3. The van der Waals surface area contributed by atoms with Crippen molar-refractivity contribution >= 4 is 11.9 Å². The Hall–Kier alpha value is -2.62. The third kappa shape index (κ3) is 8.85. The zero-order valence-electron chi connectivity index (χ0n) is 16.1. The molecule has 28 heavy (non-hydrogen) atoms. The maximum absolute atomic E-state index is 11.9. The maximum atomic E-state index is 11.9. The number of nitrogens with one attached hydrogen (secondary N) is 1. The molecule has 3 rings (SSSR count). The van der Waals surface area contributed by atoms with Gasteiger partial charge >= 0.3 is 12.4 Å². The minimum absolute atomic E-state index is 0.0718. The largest absolute Gasteiger partial charge is 0.519 e. The fourth-order valence-corrected chi connectivity index (χ4v) is 2.34.